The normalized spacial score (nSPS) is 20.2. The van der Waals surface area contributed by atoms with Crippen molar-refractivity contribution in [3.63, 3.8) is 0 Å². The third kappa shape index (κ3) is 2.86. The molecule has 0 amide bonds. The van der Waals surface area contributed by atoms with Crippen molar-refractivity contribution in [3.8, 4) is 0 Å². The summed E-state index contributed by atoms with van der Waals surface area (Å²) in [5.41, 5.74) is 0. The van der Waals surface area contributed by atoms with E-state index in [-0.39, 0.29) is 0 Å². The predicted molar refractivity (Wildman–Crippen MR) is 83.3 cm³/mol. The number of likely N-dealkylation sites (tertiary alicyclic amines) is 1. The van der Waals surface area contributed by atoms with Crippen LogP contribution < -0.4 is 5.32 Å². The van der Waals surface area contributed by atoms with Gasteiger partial charge in [0.25, 0.3) is 0 Å². The Hall–Kier alpha value is -1.39. The number of fused-ring (bicyclic) bond motifs is 1. The van der Waals surface area contributed by atoms with Crippen LogP contribution in [0.4, 0.5) is 5.82 Å². The lowest BCUT2D eigenvalue weighted by atomic mass is 9.98. The van der Waals surface area contributed by atoms with E-state index < -0.39 is 0 Å². The van der Waals surface area contributed by atoms with Gasteiger partial charge in [0.05, 0.1) is 0 Å². The maximum atomic E-state index is 6.09. The number of hydrogen-bond donors (Lipinski definition) is 1. The minimum absolute atomic E-state index is 0.462. The summed E-state index contributed by atoms with van der Waals surface area (Å²) in [7, 11) is 2.18. The van der Waals surface area contributed by atoms with E-state index in [4.69, 9.17) is 11.6 Å². The van der Waals surface area contributed by atoms with Crippen LogP contribution >= 0.6 is 11.6 Å². The number of rotatable bonds is 3. The van der Waals surface area contributed by atoms with E-state index in [1.165, 1.54) is 19.4 Å². The van der Waals surface area contributed by atoms with Crippen LogP contribution in [0.2, 0.25) is 5.15 Å². The first-order valence-corrected chi connectivity index (χ1v) is 7.45. The third-order valence-corrected chi connectivity index (χ3v) is 4.20. The molecule has 0 spiro atoms. The van der Waals surface area contributed by atoms with E-state index >= 15 is 0 Å². The predicted octanol–water partition coefficient (Wildman–Crippen LogP) is 3.04. The quantitative estimate of drug-likeness (QED) is 0.943. The Morgan fingerprint density at radius 1 is 1.30 bits per heavy atom. The molecule has 0 saturated carbocycles. The molecule has 3 rings (SSSR count). The summed E-state index contributed by atoms with van der Waals surface area (Å²) < 4.78 is 0. The highest BCUT2D eigenvalue weighted by Crippen LogP contribution is 2.26. The summed E-state index contributed by atoms with van der Waals surface area (Å²) in [4.78, 5) is 2.39. The molecule has 1 aromatic heterocycles. The zero-order valence-corrected chi connectivity index (χ0v) is 12.4. The first-order chi connectivity index (χ1) is 9.74. The van der Waals surface area contributed by atoms with Gasteiger partial charge in [-0.3, -0.25) is 0 Å². The van der Waals surface area contributed by atoms with E-state index in [1.54, 1.807) is 0 Å². The summed E-state index contributed by atoms with van der Waals surface area (Å²) in [5, 5.41) is 14.1. The van der Waals surface area contributed by atoms with Gasteiger partial charge in [-0.2, -0.15) is 0 Å². The zero-order chi connectivity index (χ0) is 13.9. The molecule has 1 aliphatic rings. The molecule has 0 radical (unpaired) electrons. The number of nitrogens with zero attached hydrogens (tertiary/aromatic N) is 3. The van der Waals surface area contributed by atoms with Gasteiger partial charge in [-0.1, -0.05) is 35.9 Å². The van der Waals surface area contributed by atoms with Crippen molar-refractivity contribution in [1.29, 1.82) is 0 Å². The van der Waals surface area contributed by atoms with Gasteiger partial charge in [-0.05, 0) is 32.4 Å². The number of anilines is 1. The first kappa shape index (κ1) is 13.6. The maximum Gasteiger partial charge on any atom is 0.159 e. The summed E-state index contributed by atoms with van der Waals surface area (Å²) >= 11 is 6.09. The Morgan fingerprint density at radius 3 is 2.90 bits per heavy atom. The number of aromatic nitrogens is 2. The van der Waals surface area contributed by atoms with Gasteiger partial charge in [0.1, 0.15) is 0 Å². The van der Waals surface area contributed by atoms with E-state index in [1.807, 2.05) is 24.3 Å². The second-order valence-corrected chi connectivity index (χ2v) is 5.89. The van der Waals surface area contributed by atoms with Crippen LogP contribution in [0.3, 0.4) is 0 Å². The fraction of sp³-hybridized carbons (Fsp3) is 0.467. The SMILES string of the molecule is CN1CCCC(CNc2nnc(Cl)c3ccccc23)C1. The first-order valence-electron chi connectivity index (χ1n) is 7.07. The van der Waals surface area contributed by atoms with E-state index in [9.17, 15) is 0 Å². The average molecular weight is 291 g/mol. The Kier molecular flexibility index (Phi) is 4.03. The molecule has 1 unspecified atom stereocenters. The number of benzene rings is 1. The average Bonchev–Trinajstić information content (AvgIpc) is 2.47. The zero-order valence-electron chi connectivity index (χ0n) is 11.6. The number of halogens is 1. The minimum atomic E-state index is 0.462. The van der Waals surface area contributed by atoms with Gasteiger partial charge < -0.3 is 10.2 Å². The molecule has 1 N–H and O–H groups in total. The van der Waals surface area contributed by atoms with Gasteiger partial charge in [0.2, 0.25) is 0 Å². The molecule has 0 aliphatic carbocycles. The van der Waals surface area contributed by atoms with E-state index in [2.05, 4.69) is 27.5 Å². The molecule has 1 fully saturated rings. The van der Waals surface area contributed by atoms with E-state index in [0.717, 1.165) is 29.7 Å². The Morgan fingerprint density at radius 2 is 2.10 bits per heavy atom. The second kappa shape index (κ2) is 5.94. The van der Waals surface area contributed by atoms with Crippen LogP contribution in [0.1, 0.15) is 12.8 Å². The smallest absolute Gasteiger partial charge is 0.159 e. The van der Waals surface area contributed by atoms with Crippen molar-refractivity contribution >= 4 is 28.2 Å². The molecule has 1 atom stereocenters. The second-order valence-electron chi connectivity index (χ2n) is 5.54. The topological polar surface area (TPSA) is 41.0 Å². The fourth-order valence-corrected chi connectivity index (χ4v) is 3.09. The van der Waals surface area contributed by atoms with Crippen LogP contribution in [0.15, 0.2) is 24.3 Å². The van der Waals surface area contributed by atoms with E-state index in [0.29, 0.717) is 11.1 Å². The number of hydrogen-bond acceptors (Lipinski definition) is 4. The van der Waals surface area contributed by atoms with Crippen LogP contribution in [0.5, 0.6) is 0 Å². The molecule has 4 nitrogen and oxygen atoms in total. The number of nitrogens with one attached hydrogen (secondary N) is 1. The third-order valence-electron chi connectivity index (χ3n) is 3.92. The van der Waals surface area contributed by atoms with Gasteiger partial charge in [-0.15, -0.1) is 10.2 Å². The lowest BCUT2D eigenvalue weighted by molar-refractivity contribution is 0.217. The molecule has 20 heavy (non-hydrogen) atoms. The number of piperidine rings is 1. The highest BCUT2D eigenvalue weighted by molar-refractivity contribution is 6.34. The highest BCUT2D eigenvalue weighted by Gasteiger charge is 2.17. The molecule has 1 aromatic carbocycles. The van der Waals surface area contributed by atoms with Gasteiger partial charge in [0.15, 0.2) is 11.0 Å². The van der Waals surface area contributed by atoms with Crippen molar-refractivity contribution in [1.82, 2.24) is 15.1 Å². The molecule has 1 aliphatic heterocycles. The minimum Gasteiger partial charge on any atom is -0.368 e. The van der Waals surface area contributed by atoms with Crippen molar-refractivity contribution in [2.45, 2.75) is 12.8 Å². The lowest BCUT2D eigenvalue weighted by Gasteiger charge is -2.29. The van der Waals surface area contributed by atoms with Crippen molar-refractivity contribution in [3.05, 3.63) is 29.4 Å². The monoisotopic (exact) mass is 290 g/mol. The van der Waals surface area contributed by atoms with Gasteiger partial charge >= 0.3 is 0 Å². The van der Waals surface area contributed by atoms with Gasteiger partial charge in [-0.25, -0.2) is 0 Å². The molecule has 1 saturated heterocycles. The molecular formula is C15H19ClN4. The standard InChI is InChI=1S/C15H19ClN4/c1-20-8-4-5-11(10-20)9-17-15-13-7-3-2-6-12(13)14(16)18-19-15/h2-3,6-7,11H,4-5,8-10H2,1H3,(H,17,19). The van der Waals surface area contributed by atoms with Gasteiger partial charge in [0, 0.05) is 23.9 Å². The maximum absolute atomic E-state index is 6.09. The summed E-state index contributed by atoms with van der Waals surface area (Å²) in [6.07, 6.45) is 2.55. The molecular weight excluding hydrogens is 272 g/mol. The van der Waals surface area contributed by atoms with Crippen LogP contribution in [0, 0.1) is 5.92 Å². The van der Waals surface area contributed by atoms with Crippen LogP contribution in [-0.4, -0.2) is 41.8 Å². The summed E-state index contributed by atoms with van der Waals surface area (Å²) in [6.45, 7) is 3.29. The molecule has 2 heterocycles. The Bertz CT molecular complexity index is 601. The largest absolute Gasteiger partial charge is 0.368 e. The Balaban J connectivity index is 1.76. The Labute approximate surface area is 124 Å². The molecule has 2 aromatic rings. The highest BCUT2D eigenvalue weighted by atomic mass is 35.5. The fourth-order valence-electron chi connectivity index (χ4n) is 2.88. The van der Waals surface area contributed by atoms with Crippen molar-refractivity contribution in [2.75, 3.05) is 32.0 Å². The molecule has 106 valence electrons. The lowest BCUT2D eigenvalue weighted by Crippen LogP contribution is -2.35. The van der Waals surface area contributed by atoms with Crippen LogP contribution in [0.25, 0.3) is 10.8 Å². The molecule has 0 bridgehead atoms. The van der Waals surface area contributed by atoms with Crippen molar-refractivity contribution in [2.24, 2.45) is 5.92 Å². The summed E-state index contributed by atoms with van der Waals surface area (Å²) in [5.74, 6) is 1.50. The molecule has 5 heteroatoms. The van der Waals surface area contributed by atoms with Crippen molar-refractivity contribution < 1.29 is 0 Å². The van der Waals surface area contributed by atoms with Crippen LogP contribution in [-0.2, 0) is 0 Å². The summed E-state index contributed by atoms with van der Waals surface area (Å²) in [6, 6.07) is 7.98.